The molecule has 0 saturated carbocycles. The van der Waals surface area contributed by atoms with Gasteiger partial charge >= 0.3 is 12.3 Å². The number of anilines is 1. The van der Waals surface area contributed by atoms with Crippen molar-refractivity contribution in [2.24, 2.45) is 0 Å². The number of benzene rings is 2. The van der Waals surface area contributed by atoms with Crippen LogP contribution in [-0.2, 0) is 27.0 Å². The summed E-state index contributed by atoms with van der Waals surface area (Å²) < 4.78 is 45.5. The summed E-state index contributed by atoms with van der Waals surface area (Å²) in [7, 11) is 1.90. The molecule has 0 bridgehead atoms. The highest BCUT2D eigenvalue weighted by atomic mass is 19.4. The topological polar surface area (TPSA) is 129 Å². The molecule has 46 heavy (non-hydrogen) atoms. The number of nitrogens with one attached hydrogen (secondary N) is 4. The van der Waals surface area contributed by atoms with Crippen molar-refractivity contribution in [3.8, 4) is 0 Å². The van der Waals surface area contributed by atoms with Crippen molar-refractivity contribution in [2.75, 3.05) is 25.5 Å². The first-order valence-corrected chi connectivity index (χ1v) is 14.9. The molecule has 4 N–H and O–H groups in total. The molecule has 10 nitrogen and oxygen atoms in total. The van der Waals surface area contributed by atoms with Gasteiger partial charge in [-0.05, 0) is 98.2 Å². The highest BCUT2D eigenvalue weighted by Crippen LogP contribution is 2.32. The lowest BCUT2D eigenvalue weighted by Gasteiger charge is -2.27. The lowest BCUT2D eigenvalue weighted by Crippen LogP contribution is -2.54. The number of halogens is 3. The maximum atomic E-state index is 13.4. The van der Waals surface area contributed by atoms with Gasteiger partial charge in [0.1, 0.15) is 11.6 Å². The minimum Gasteiger partial charge on any atom is -0.444 e. The molecular formula is C33H46F3N5O5. The zero-order valence-electron chi connectivity index (χ0n) is 28.0. The Morgan fingerprint density at radius 3 is 2.15 bits per heavy atom. The molecule has 0 fully saturated rings. The third-order valence-electron chi connectivity index (χ3n) is 6.52. The van der Waals surface area contributed by atoms with E-state index in [2.05, 4.69) is 27.3 Å². The van der Waals surface area contributed by atoms with E-state index in [9.17, 15) is 32.3 Å². The van der Waals surface area contributed by atoms with Gasteiger partial charge in [-0.1, -0.05) is 23.8 Å². The number of hydrogen-bond acceptors (Lipinski definition) is 6. The van der Waals surface area contributed by atoms with Crippen molar-refractivity contribution >= 4 is 29.5 Å². The number of rotatable bonds is 11. The molecule has 0 radical (unpaired) electrons. The predicted molar refractivity (Wildman–Crippen MR) is 170 cm³/mol. The van der Waals surface area contributed by atoms with E-state index in [-0.39, 0.29) is 12.1 Å². The summed E-state index contributed by atoms with van der Waals surface area (Å²) in [6, 6.07) is 7.44. The maximum absolute atomic E-state index is 13.4. The SMILES string of the molecule is Cc1ccc(CN(C)CCC(NC(=O)CNC(=O)c2cc(C(F)(F)F)ccc2NC(=O)OC(C)(C)C)C(=O)NC(C)(C)C)c(C)c1. The molecule has 0 saturated heterocycles. The summed E-state index contributed by atoms with van der Waals surface area (Å²) in [6.45, 7) is 14.7. The number of ether oxygens (including phenoxy) is 1. The van der Waals surface area contributed by atoms with Crippen LogP contribution in [0.3, 0.4) is 0 Å². The molecule has 1 unspecified atom stereocenters. The lowest BCUT2D eigenvalue weighted by molar-refractivity contribution is -0.137. The van der Waals surface area contributed by atoms with Gasteiger partial charge in [0.2, 0.25) is 11.8 Å². The molecule has 2 rings (SSSR count). The fraction of sp³-hybridized carbons (Fsp3) is 0.515. The van der Waals surface area contributed by atoms with Crippen molar-refractivity contribution in [2.45, 2.75) is 91.7 Å². The molecule has 0 aliphatic carbocycles. The normalized spacial score (nSPS) is 12.7. The van der Waals surface area contributed by atoms with E-state index < -0.39 is 64.8 Å². The van der Waals surface area contributed by atoms with Crippen LogP contribution in [-0.4, -0.2) is 66.0 Å². The Morgan fingerprint density at radius 2 is 1.59 bits per heavy atom. The first-order chi connectivity index (χ1) is 21.0. The minimum atomic E-state index is -4.77. The van der Waals surface area contributed by atoms with Crippen LogP contribution in [0, 0.1) is 13.8 Å². The first-order valence-electron chi connectivity index (χ1n) is 14.9. The predicted octanol–water partition coefficient (Wildman–Crippen LogP) is 5.32. The number of alkyl halides is 3. The van der Waals surface area contributed by atoms with Crippen molar-refractivity contribution in [1.29, 1.82) is 0 Å². The second kappa shape index (κ2) is 15.4. The van der Waals surface area contributed by atoms with Gasteiger partial charge in [0, 0.05) is 18.6 Å². The number of carbonyl (C=O) groups excluding carboxylic acids is 4. The van der Waals surface area contributed by atoms with Gasteiger partial charge in [-0.2, -0.15) is 13.2 Å². The average molecular weight is 650 g/mol. The molecule has 254 valence electrons. The monoisotopic (exact) mass is 649 g/mol. The molecule has 4 amide bonds. The molecule has 0 spiro atoms. The van der Waals surface area contributed by atoms with Gasteiger partial charge in [0.25, 0.3) is 5.91 Å². The lowest BCUT2D eigenvalue weighted by atomic mass is 10.0. The number of hydrogen-bond donors (Lipinski definition) is 4. The molecule has 1 atom stereocenters. The summed E-state index contributed by atoms with van der Waals surface area (Å²) in [5, 5.41) is 10.1. The molecule has 0 aliphatic rings. The average Bonchev–Trinajstić information content (AvgIpc) is 2.88. The van der Waals surface area contributed by atoms with E-state index >= 15 is 0 Å². The first kappa shape index (κ1) is 38.1. The van der Waals surface area contributed by atoms with Crippen LogP contribution in [0.25, 0.3) is 0 Å². The van der Waals surface area contributed by atoms with Crippen molar-refractivity contribution in [1.82, 2.24) is 20.9 Å². The van der Waals surface area contributed by atoms with E-state index in [0.717, 1.165) is 22.8 Å². The molecule has 2 aromatic rings. The summed E-state index contributed by atoms with van der Waals surface area (Å²) in [6.07, 6.45) is -5.50. The van der Waals surface area contributed by atoms with Crippen LogP contribution in [0.2, 0.25) is 0 Å². The summed E-state index contributed by atoms with van der Waals surface area (Å²) in [5.74, 6) is -2.20. The van der Waals surface area contributed by atoms with E-state index in [1.165, 1.54) is 0 Å². The summed E-state index contributed by atoms with van der Waals surface area (Å²) >= 11 is 0. The quantitative estimate of drug-likeness (QED) is 0.261. The Kier molecular flexibility index (Phi) is 12.8. The Labute approximate surface area is 268 Å². The highest BCUT2D eigenvalue weighted by molar-refractivity contribution is 6.04. The number of carbonyl (C=O) groups is 4. The number of nitrogens with zero attached hydrogens (tertiary/aromatic N) is 1. The third-order valence-corrected chi connectivity index (χ3v) is 6.52. The highest BCUT2D eigenvalue weighted by Gasteiger charge is 2.32. The van der Waals surface area contributed by atoms with Crippen LogP contribution < -0.4 is 21.3 Å². The number of amides is 4. The fourth-order valence-corrected chi connectivity index (χ4v) is 4.40. The van der Waals surface area contributed by atoms with Gasteiger partial charge < -0.3 is 25.6 Å². The number of aryl methyl sites for hydroxylation is 2. The van der Waals surface area contributed by atoms with E-state index in [1.807, 2.05) is 37.9 Å². The summed E-state index contributed by atoms with van der Waals surface area (Å²) in [4.78, 5) is 53.4. The molecule has 0 aromatic heterocycles. The van der Waals surface area contributed by atoms with Crippen LogP contribution in [0.5, 0.6) is 0 Å². The van der Waals surface area contributed by atoms with Crippen LogP contribution in [0.1, 0.15) is 80.6 Å². The zero-order chi connectivity index (χ0) is 35.0. The molecule has 0 heterocycles. The standard InChI is InChI=1S/C33H46F3N5O5/c1-20-10-11-22(21(2)16-20)19-41(9)15-14-26(29(44)40-31(3,4)5)38-27(42)18-37-28(43)24-17-23(33(34,35)36)12-13-25(24)39-30(45)46-32(6,7)8/h10-13,16-17,26H,14-15,18-19H2,1-9H3,(H,37,43)(H,38,42)(H,39,45)(H,40,44). The van der Waals surface area contributed by atoms with Crippen LogP contribution >= 0.6 is 0 Å². The van der Waals surface area contributed by atoms with Gasteiger partial charge in [-0.15, -0.1) is 0 Å². The van der Waals surface area contributed by atoms with Gasteiger partial charge in [-0.3, -0.25) is 19.7 Å². The summed E-state index contributed by atoms with van der Waals surface area (Å²) in [5.41, 5.74) is 0.0507. The third kappa shape index (κ3) is 13.1. The van der Waals surface area contributed by atoms with Crippen molar-refractivity contribution in [3.05, 3.63) is 64.2 Å². The van der Waals surface area contributed by atoms with E-state index in [1.54, 1.807) is 41.5 Å². The Bertz CT molecular complexity index is 1410. The Hall–Kier alpha value is -4.13. The zero-order valence-corrected chi connectivity index (χ0v) is 28.0. The smallest absolute Gasteiger partial charge is 0.416 e. The molecule has 2 aromatic carbocycles. The second-order valence-electron chi connectivity index (χ2n) is 13.4. The van der Waals surface area contributed by atoms with Gasteiger partial charge in [-0.25, -0.2) is 4.79 Å². The van der Waals surface area contributed by atoms with Gasteiger partial charge in [0.15, 0.2) is 0 Å². The maximum Gasteiger partial charge on any atom is 0.416 e. The van der Waals surface area contributed by atoms with Crippen LogP contribution in [0.4, 0.5) is 23.7 Å². The molecule has 13 heteroatoms. The largest absolute Gasteiger partial charge is 0.444 e. The second-order valence-corrected chi connectivity index (χ2v) is 13.4. The molecule has 0 aliphatic heterocycles. The van der Waals surface area contributed by atoms with Crippen molar-refractivity contribution in [3.63, 3.8) is 0 Å². The van der Waals surface area contributed by atoms with Crippen LogP contribution in [0.15, 0.2) is 36.4 Å². The van der Waals surface area contributed by atoms with E-state index in [4.69, 9.17) is 4.74 Å². The Morgan fingerprint density at radius 1 is 0.935 bits per heavy atom. The van der Waals surface area contributed by atoms with E-state index in [0.29, 0.717) is 25.2 Å². The van der Waals surface area contributed by atoms with Gasteiger partial charge in [0.05, 0.1) is 23.4 Å². The molecular weight excluding hydrogens is 603 g/mol. The fourth-order valence-electron chi connectivity index (χ4n) is 4.40. The van der Waals surface area contributed by atoms with Crippen molar-refractivity contribution < 1.29 is 37.1 Å². The Balaban J connectivity index is 2.15. The minimum absolute atomic E-state index is 0.241.